The lowest BCUT2D eigenvalue weighted by molar-refractivity contribution is -0.141. The first-order valence-corrected chi connectivity index (χ1v) is 8.00. The maximum atomic E-state index is 12.6. The smallest absolute Gasteiger partial charge is 0.304 e. The SMILES string of the molecule is O=C(O)CC1C(=O)N(CCc2nccs2)C(=O)c2ccccc21. The van der Waals surface area contributed by atoms with E-state index < -0.39 is 17.8 Å². The number of rotatable bonds is 5. The van der Waals surface area contributed by atoms with E-state index in [2.05, 4.69) is 4.98 Å². The lowest BCUT2D eigenvalue weighted by Crippen LogP contribution is -2.46. The maximum absolute atomic E-state index is 12.6. The molecule has 1 aliphatic rings. The van der Waals surface area contributed by atoms with Crippen LogP contribution in [0.4, 0.5) is 0 Å². The molecular formula is C16H14N2O4S. The fourth-order valence-electron chi connectivity index (χ4n) is 2.73. The van der Waals surface area contributed by atoms with E-state index in [4.69, 9.17) is 5.11 Å². The summed E-state index contributed by atoms with van der Waals surface area (Å²) in [5.74, 6) is -2.71. The van der Waals surface area contributed by atoms with Gasteiger partial charge in [-0.15, -0.1) is 11.3 Å². The van der Waals surface area contributed by atoms with Gasteiger partial charge in [0, 0.05) is 30.1 Å². The summed E-state index contributed by atoms with van der Waals surface area (Å²) < 4.78 is 0. The predicted octanol–water partition coefficient (Wildman–Crippen LogP) is 1.93. The van der Waals surface area contributed by atoms with Crippen LogP contribution in [-0.2, 0) is 16.0 Å². The monoisotopic (exact) mass is 330 g/mol. The van der Waals surface area contributed by atoms with Gasteiger partial charge < -0.3 is 5.11 Å². The van der Waals surface area contributed by atoms with Crippen LogP contribution in [0.15, 0.2) is 35.8 Å². The topological polar surface area (TPSA) is 87.6 Å². The van der Waals surface area contributed by atoms with Gasteiger partial charge in [-0.25, -0.2) is 4.98 Å². The van der Waals surface area contributed by atoms with Crippen LogP contribution in [0.2, 0.25) is 0 Å². The third-order valence-electron chi connectivity index (χ3n) is 3.79. The molecule has 1 N–H and O–H groups in total. The average Bonchev–Trinajstić information content (AvgIpc) is 3.04. The van der Waals surface area contributed by atoms with Crippen molar-refractivity contribution in [1.82, 2.24) is 9.88 Å². The number of nitrogens with zero attached hydrogens (tertiary/aromatic N) is 2. The Bertz CT molecular complexity index is 757. The molecule has 6 nitrogen and oxygen atoms in total. The van der Waals surface area contributed by atoms with E-state index in [0.29, 0.717) is 17.5 Å². The fourth-order valence-corrected chi connectivity index (χ4v) is 3.34. The highest BCUT2D eigenvalue weighted by Gasteiger charge is 2.39. The summed E-state index contributed by atoms with van der Waals surface area (Å²) >= 11 is 1.46. The summed E-state index contributed by atoms with van der Waals surface area (Å²) in [5.41, 5.74) is 0.896. The number of hydrogen-bond acceptors (Lipinski definition) is 5. The molecule has 1 unspecified atom stereocenters. The minimum absolute atomic E-state index is 0.204. The van der Waals surface area contributed by atoms with Crippen molar-refractivity contribution in [2.75, 3.05) is 6.54 Å². The number of aromatic nitrogens is 1. The molecule has 1 aliphatic heterocycles. The summed E-state index contributed by atoms with van der Waals surface area (Å²) in [5, 5.41) is 11.7. The zero-order chi connectivity index (χ0) is 16.4. The largest absolute Gasteiger partial charge is 0.481 e. The Morgan fingerprint density at radius 3 is 2.78 bits per heavy atom. The van der Waals surface area contributed by atoms with E-state index in [-0.39, 0.29) is 18.9 Å². The molecule has 1 aromatic heterocycles. The summed E-state index contributed by atoms with van der Waals surface area (Å²) in [4.78, 5) is 41.6. The molecule has 2 heterocycles. The molecule has 0 spiro atoms. The van der Waals surface area contributed by atoms with Gasteiger partial charge in [0.2, 0.25) is 5.91 Å². The fraction of sp³-hybridized carbons (Fsp3) is 0.250. The Balaban J connectivity index is 1.90. The van der Waals surface area contributed by atoms with Gasteiger partial charge in [-0.05, 0) is 11.6 Å². The molecule has 2 aromatic rings. The first-order chi connectivity index (χ1) is 11.1. The van der Waals surface area contributed by atoms with Crippen LogP contribution >= 0.6 is 11.3 Å². The molecule has 7 heteroatoms. The third-order valence-corrected chi connectivity index (χ3v) is 4.63. The molecule has 0 saturated heterocycles. The number of carbonyl (C=O) groups excluding carboxylic acids is 2. The minimum Gasteiger partial charge on any atom is -0.481 e. The number of fused-ring (bicyclic) bond motifs is 1. The van der Waals surface area contributed by atoms with Crippen molar-refractivity contribution >= 4 is 29.1 Å². The van der Waals surface area contributed by atoms with E-state index in [9.17, 15) is 14.4 Å². The molecule has 0 saturated carbocycles. The Labute approximate surface area is 136 Å². The highest BCUT2D eigenvalue weighted by Crippen LogP contribution is 2.31. The van der Waals surface area contributed by atoms with Crippen molar-refractivity contribution in [3.8, 4) is 0 Å². The number of hydrogen-bond donors (Lipinski definition) is 1. The van der Waals surface area contributed by atoms with Crippen molar-refractivity contribution in [1.29, 1.82) is 0 Å². The van der Waals surface area contributed by atoms with Crippen LogP contribution in [0.25, 0.3) is 0 Å². The molecule has 0 aliphatic carbocycles. The minimum atomic E-state index is -1.06. The lowest BCUT2D eigenvalue weighted by Gasteiger charge is -2.31. The van der Waals surface area contributed by atoms with Crippen LogP contribution in [0.3, 0.4) is 0 Å². The molecule has 0 bridgehead atoms. The van der Waals surface area contributed by atoms with Gasteiger partial charge in [-0.2, -0.15) is 0 Å². The number of imide groups is 1. The number of carboxylic acids is 1. The number of thiazole rings is 1. The Morgan fingerprint density at radius 1 is 1.30 bits per heavy atom. The third kappa shape index (κ3) is 3.00. The second-order valence-corrected chi connectivity index (χ2v) is 6.19. The molecule has 1 aromatic carbocycles. The maximum Gasteiger partial charge on any atom is 0.304 e. The average molecular weight is 330 g/mol. The lowest BCUT2D eigenvalue weighted by atomic mass is 9.86. The second-order valence-electron chi connectivity index (χ2n) is 5.21. The molecule has 2 amide bonds. The van der Waals surface area contributed by atoms with Crippen LogP contribution in [0, 0.1) is 0 Å². The summed E-state index contributed by atoms with van der Waals surface area (Å²) in [6.45, 7) is 0.204. The first kappa shape index (κ1) is 15.4. The van der Waals surface area contributed by atoms with E-state index in [1.807, 2.05) is 5.38 Å². The number of amides is 2. The molecule has 3 rings (SSSR count). The Hall–Kier alpha value is -2.54. The van der Waals surface area contributed by atoms with Crippen molar-refractivity contribution in [2.24, 2.45) is 0 Å². The highest BCUT2D eigenvalue weighted by atomic mass is 32.1. The molecule has 0 fully saturated rings. The van der Waals surface area contributed by atoms with Gasteiger partial charge in [0.15, 0.2) is 0 Å². The second kappa shape index (κ2) is 6.29. The molecule has 118 valence electrons. The quantitative estimate of drug-likeness (QED) is 0.846. The standard InChI is InChI=1S/C16H14N2O4S/c19-14(20)9-12-10-3-1-2-4-11(10)15(21)18(16(12)22)7-5-13-17-6-8-23-13/h1-4,6,8,12H,5,7,9H2,(H,19,20). The predicted molar refractivity (Wildman–Crippen MR) is 83.3 cm³/mol. The number of aliphatic carboxylic acids is 1. The number of carbonyl (C=O) groups is 3. The zero-order valence-corrected chi connectivity index (χ0v) is 13.0. The van der Waals surface area contributed by atoms with Gasteiger partial charge in [-0.3, -0.25) is 19.3 Å². The van der Waals surface area contributed by atoms with Gasteiger partial charge in [-0.1, -0.05) is 18.2 Å². The zero-order valence-electron chi connectivity index (χ0n) is 12.1. The first-order valence-electron chi connectivity index (χ1n) is 7.12. The summed E-state index contributed by atoms with van der Waals surface area (Å²) in [7, 11) is 0. The van der Waals surface area contributed by atoms with Crippen LogP contribution in [-0.4, -0.2) is 39.3 Å². The van der Waals surface area contributed by atoms with E-state index in [1.54, 1.807) is 30.5 Å². The van der Waals surface area contributed by atoms with Gasteiger partial charge >= 0.3 is 5.97 Å². The summed E-state index contributed by atoms with van der Waals surface area (Å²) in [6.07, 6.45) is 1.82. The Morgan fingerprint density at radius 2 is 2.09 bits per heavy atom. The molecule has 23 heavy (non-hydrogen) atoms. The van der Waals surface area contributed by atoms with Crippen LogP contribution in [0.1, 0.15) is 33.3 Å². The molecular weight excluding hydrogens is 316 g/mol. The van der Waals surface area contributed by atoms with Crippen molar-refractivity contribution < 1.29 is 19.5 Å². The highest BCUT2D eigenvalue weighted by molar-refractivity contribution is 7.09. The molecule has 0 radical (unpaired) electrons. The van der Waals surface area contributed by atoms with Crippen molar-refractivity contribution in [3.05, 3.63) is 52.0 Å². The number of benzene rings is 1. The van der Waals surface area contributed by atoms with Gasteiger partial charge in [0.05, 0.1) is 17.3 Å². The number of carboxylic acid groups (broad SMARTS) is 1. The van der Waals surface area contributed by atoms with E-state index >= 15 is 0 Å². The van der Waals surface area contributed by atoms with Gasteiger partial charge in [0.1, 0.15) is 0 Å². The normalized spacial score (nSPS) is 17.2. The van der Waals surface area contributed by atoms with Gasteiger partial charge in [0.25, 0.3) is 5.91 Å². The van der Waals surface area contributed by atoms with Crippen molar-refractivity contribution in [3.63, 3.8) is 0 Å². The van der Waals surface area contributed by atoms with Crippen LogP contribution < -0.4 is 0 Å². The van der Waals surface area contributed by atoms with Crippen LogP contribution in [0.5, 0.6) is 0 Å². The Kier molecular flexibility index (Phi) is 4.20. The summed E-state index contributed by atoms with van der Waals surface area (Å²) in [6, 6.07) is 6.70. The van der Waals surface area contributed by atoms with E-state index in [1.165, 1.54) is 11.3 Å². The molecule has 1 atom stereocenters. The van der Waals surface area contributed by atoms with Crippen molar-refractivity contribution in [2.45, 2.75) is 18.8 Å². The van der Waals surface area contributed by atoms with E-state index in [0.717, 1.165) is 9.91 Å².